The van der Waals surface area contributed by atoms with Crippen molar-refractivity contribution in [1.29, 1.82) is 0 Å². The number of hydrogen-bond acceptors (Lipinski definition) is 7. The lowest BCUT2D eigenvalue weighted by Gasteiger charge is -2.04. The summed E-state index contributed by atoms with van der Waals surface area (Å²) in [4.78, 5) is 31.6. The van der Waals surface area contributed by atoms with Crippen molar-refractivity contribution >= 4 is 29.3 Å². The third-order valence-corrected chi connectivity index (χ3v) is 4.67. The number of nitro benzene ring substituents is 1. The second-order valence-corrected chi connectivity index (χ2v) is 6.73. The predicted molar refractivity (Wildman–Crippen MR) is 106 cm³/mol. The van der Waals surface area contributed by atoms with Gasteiger partial charge >= 0.3 is 6.61 Å². The molecule has 0 unspecified atom stereocenters. The Morgan fingerprint density at radius 2 is 1.83 bits per heavy atom. The first-order valence-electron chi connectivity index (χ1n) is 8.43. The lowest BCUT2D eigenvalue weighted by atomic mass is 10.1. The van der Waals surface area contributed by atoms with Gasteiger partial charge in [-0.25, -0.2) is 9.97 Å². The van der Waals surface area contributed by atoms with Crippen molar-refractivity contribution in [2.45, 2.75) is 16.7 Å². The number of nitrogens with zero attached hydrogens (tertiary/aromatic N) is 3. The van der Waals surface area contributed by atoms with Gasteiger partial charge in [0.25, 0.3) is 5.69 Å². The Morgan fingerprint density at radius 1 is 1.13 bits per heavy atom. The molecule has 0 aliphatic heterocycles. The molecule has 0 radical (unpaired) electrons. The number of benzene rings is 2. The Labute approximate surface area is 173 Å². The van der Waals surface area contributed by atoms with Gasteiger partial charge < -0.3 is 4.74 Å². The molecule has 2 aromatic carbocycles. The van der Waals surface area contributed by atoms with E-state index in [-0.39, 0.29) is 17.0 Å². The maximum atomic E-state index is 12.2. The second-order valence-electron chi connectivity index (χ2n) is 5.72. The zero-order valence-corrected chi connectivity index (χ0v) is 16.0. The van der Waals surface area contributed by atoms with Gasteiger partial charge in [0.2, 0.25) is 0 Å². The van der Waals surface area contributed by atoms with Gasteiger partial charge in [0, 0.05) is 24.0 Å². The summed E-state index contributed by atoms with van der Waals surface area (Å²) in [6, 6.07) is 11.4. The van der Waals surface area contributed by atoms with Gasteiger partial charge in [0.15, 0.2) is 10.9 Å². The summed E-state index contributed by atoms with van der Waals surface area (Å²) < 4.78 is 28.6. The molecule has 0 saturated heterocycles. The molecule has 10 heteroatoms. The van der Waals surface area contributed by atoms with Crippen LogP contribution in [0.5, 0.6) is 5.75 Å². The van der Waals surface area contributed by atoms with Crippen molar-refractivity contribution in [2.75, 3.05) is 0 Å². The highest BCUT2D eigenvalue weighted by Gasteiger charge is 2.16. The Bertz CT molecular complexity index is 1080. The van der Waals surface area contributed by atoms with Crippen molar-refractivity contribution in [3.8, 4) is 5.75 Å². The fraction of sp³-hybridized carbons (Fsp3) is 0.0500. The molecule has 7 nitrogen and oxygen atoms in total. The van der Waals surface area contributed by atoms with Crippen molar-refractivity contribution in [3.05, 3.63) is 88.2 Å². The molecule has 0 fully saturated rings. The number of ketones is 1. The van der Waals surface area contributed by atoms with E-state index in [2.05, 4.69) is 14.7 Å². The first-order valence-corrected chi connectivity index (χ1v) is 9.24. The monoisotopic (exact) mass is 429 g/mol. The predicted octanol–water partition coefficient (Wildman–Crippen LogP) is 5.03. The van der Waals surface area contributed by atoms with Crippen LogP contribution in [-0.4, -0.2) is 27.3 Å². The van der Waals surface area contributed by atoms with E-state index in [1.54, 1.807) is 18.2 Å². The number of ether oxygens (including phenoxy) is 1. The van der Waals surface area contributed by atoms with Crippen LogP contribution in [-0.2, 0) is 0 Å². The lowest BCUT2D eigenvalue weighted by molar-refractivity contribution is -0.387. The number of carbonyl (C=O) groups is 1. The molecule has 0 spiro atoms. The van der Waals surface area contributed by atoms with Crippen LogP contribution in [0, 0.1) is 10.1 Å². The zero-order valence-electron chi connectivity index (χ0n) is 15.1. The van der Waals surface area contributed by atoms with Crippen LogP contribution >= 0.6 is 11.8 Å². The molecule has 1 aromatic heterocycles. The molecule has 3 aromatic rings. The van der Waals surface area contributed by atoms with E-state index >= 15 is 0 Å². The third-order valence-electron chi connectivity index (χ3n) is 3.71. The van der Waals surface area contributed by atoms with Gasteiger partial charge in [0.1, 0.15) is 5.75 Å². The number of allylic oxidation sites excluding steroid dienone is 1. The average molecular weight is 429 g/mol. The molecule has 3 rings (SSSR count). The molecule has 0 amide bonds. The molecular weight excluding hydrogens is 416 g/mol. The van der Waals surface area contributed by atoms with Gasteiger partial charge in [-0.1, -0.05) is 12.1 Å². The highest BCUT2D eigenvalue weighted by molar-refractivity contribution is 7.99. The smallest absolute Gasteiger partial charge is 0.387 e. The average Bonchev–Trinajstić information content (AvgIpc) is 2.73. The fourth-order valence-electron chi connectivity index (χ4n) is 2.37. The number of alkyl halides is 2. The van der Waals surface area contributed by atoms with Crippen LogP contribution in [0.1, 0.15) is 15.9 Å². The van der Waals surface area contributed by atoms with Gasteiger partial charge in [-0.05, 0) is 59.8 Å². The van der Waals surface area contributed by atoms with E-state index in [4.69, 9.17) is 0 Å². The van der Waals surface area contributed by atoms with E-state index in [1.165, 1.54) is 54.9 Å². The van der Waals surface area contributed by atoms with Crippen LogP contribution < -0.4 is 4.74 Å². The summed E-state index contributed by atoms with van der Waals surface area (Å²) in [6.07, 6.45) is 5.76. The third kappa shape index (κ3) is 5.67. The topological polar surface area (TPSA) is 95.2 Å². The molecule has 0 aliphatic rings. The maximum absolute atomic E-state index is 12.2. The molecule has 0 atom stereocenters. The molecular formula is C20H13F2N3O4S. The maximum Gasteiger partial charge on any atom is 0.387 e. The summed E-state index contributed by atoms with van der Waals surface area (Å²) in [5.74, 6) is -0.450. The number of hydrogen-bond donors (Lipinski definition) is 0. The first-order chi connectivity index (χ1) is 14.4. The van der Waals surface area contributed by atoms with E-state index in [0.29, 0.717) is 15.6 Å². The molecule has 0 saturated carbocycles. The van der Waals surface area contributed by atoms with Crippen LogP contribution in [0.4, 0.5) is 14.5 Å². The molecule has 0 bridgehead atoms. The molecule has 30 heavy (non-hydrogen) atoms. The molecule has 1 heterocycles. The fourth-order valence-corrected chi connectivity index (χ4v) is 3.17. The van der Waals surface area contributed by atoms with Crippen LogP contribution in [0.25, 0.3) is 6.08 Å². The zero-order chi connectivity index (χ0) is 21.5. The molecule has 152 valence electrons. The number of halogens is 2. The van der Waals surface area contributed by atoms with E-state index in [1.807, 2.05) is 0 Å². The summed E-state index contributed by atoms with van der Waals surface area (Å²) >= 11 is 1.06. The number of aromatic nitrogens is 2. The summed E-state index contributed by atoms with van der Waals surface area (Å²) in [7, 11) is 0. The van der Waals surface area contributed by atoms with Crippen LogP contribution in [0.2, 0.25) is 0 Å². The lowest BCUT2D eigenvalue weighted by Crippen LogP contribution is -2.02. The first kappa shape index (κ1) is 21.1. The summed E-state index contributed by atoms with van der Waals surface area (Å²) in [5, 5.41) is 11.8. The minimum atomic E-state index is -2.95. The van der Waals surface area contributed by atoms with Crippen LogP contribution in [0.3, 0.4) is 0 Å². The van der Waals surface area contributed by atoms with Crippen LogP contribution in [0.15, 0.2) is 77.1 Å². The summed E-state index contributed by atoms with van der Waals surface area (Å²) in [6.45, 7) is -2.95. The second kappa shape index (κ2) is 9.70. The van der Waals surface area contributed by atoms with Gasteiger partial charge in [-0.15, -0.1) is 0 Å². The van der Waals surface area contributed by atoms with E-state index in [9.17, 15) is 23.7 Å². The Hall–Kier alpha value is -3.66. The van der Waals surface area contributed by atoms with Crippen molar-refractivity contribution in [3.63, 3.8) is 0 Å². The highest BCUT2D eigenvalue weighted by atomic mass is 32.2. The molecule has 0 aliphatic carbocycles. The highest BCUT2D eigenvalue weighted by Crippen LogP contribution is 2.33. The largest absolute Gasteiger partial charge is 0.435 e. The summed E-state index contributed by atoms with van der Waals surface area (Å²) in [5.41, 5.74) is 0.567. The van der Waals surface area contributed by atoms with Gasteiger partial charge in [-0.3, -0.25) is 14.9 Å². The Kier molecular flexibility index (Phi) is 6.81. The van der Waals surface area contributed by atoms with Crippen molar-refractivity contribution < 1.29 is 23.2 Å². The molecule has 0 N–H and O–H groups in total. The quantitative estimate of drug-likeness (QED) is 0.163. The minimum absolute atomic E-state index is 0.0587. The van der Waals surface area contributed by atoms with Crippen molar-refractivity contribution in [1.82, 2.24) is 9.97 Å². The van der Waals surface area contributed by atoms with E-state index < -0.39 is 17.3 Å². The SMILES string of the molecule is O=C(/C=C\c1ccc(Sc2ncccn2)c([N+](=O)[O-])c1)c1ccc(OC(F)F)cc1. The minimum Gasteiger partial charge on any atom is -0.435 e. The Balaban J connectivity index is 1.75. The standard InChI is InChI=1S/C20H13F2N3O4S/c21-19(22)29-15-6-4-14(5-7-15)17(26)8-2-13-3-9-18(16(12-13)25(27)28)30-20-23-10-1-11-24-20/h1-12,19H/b8-2-. The number of nitro groups is 1. The van der Waals surface area contributed by atoms with Gasteiger partial charge in [-0.2, -0.15) is 8.78 Å². The number of rotatable bonds is 8. The number of carbonyl (C=O) groups excluding carboxylic acids is 1. The van der Waals surface area contributed by atoms with Gasteiger partial charge in [0.05, 0.1) is 9.82 Å². The van der Waals surface area contributed by atoms with E-state index in [0.717, 1.165) is 11.8 Å². The normalized spacial score (nSPS) is 11.0. The Morgan fingerprint density at radius 3 is 2.47 bits per heavy atom. The van der Waals surface area contributed by atoms with Crippen molar-refractivity contribution in [2.24, 2.45) is 0 Å².